The number of nitrogens with one attached hydrogen (secondary N) is 2. The van der Waals surface area contributed by atoms with Crippen molar-refractivity contribution in [1.29, 1.82) is 0 Å². The van der Waals surface area contributed by atoms with E-state index in [1.165, 1.54) is 4.57 Å². The number of aromatic nitrogens is 4. The smallest absolute Gasteiger partial charge is 0.329 e. The third-order valence-corrected chi connectivity index (χ3v) is 4.37. The lowest BCUT2D eigenvalue weighted by molar-refractivity contribution is 0.832. The van der Waals surface area contributed by atoms with E-state index in [-0.39, 0.29) is 5.52 Å². The molecule has 0 amide bonds. The highest BCUT2D eigenvalue weighted by molar-refractivity contribution is 14.1. The minimum absolute atomic E-state index is 0.290. The van der Waals surface area contributed by atoms with Gasteiger partial charge in [0.2, 0.25) is 0 Å². The Kier molecular flexibility index (Phi) is 3.28. The van der Waals surface area contributed by atoms with Crippen molar-refractivity contribution in [1.82, 2.24) is 19.5 Å². The third kappa shape index (κ3) is 2.12. The standard InChI is InChI=1S/C12H8BrIN4O2/c1-18-10-8(11(19)17-12(18)20)15-9(16-10)6-4-5(13)2-3-7(6)14/h2-4H,1H3,(H,15,16)(H,17,19,20). The summed E-state index contributed by atoms with van der Waals surface area (Å²) in [5, 5.41) is 0. The van der Waals surface area contributed by atoms with Crippen LogP contribution in [0, 0.1) is 3.57 Å². The molecule has 0 aliphatic rings. The second-order valence-corrected chi connectivity index (χ2v) is 6.30. The molecular formula is C12H8BrIN4O2. The Hall–Kier alpha value is -1.42. The number of hydrogen-bond acceptors (Lipinski definition) is 3. The highest BCUT2D eigenvalue weighted by Crippen LogP contribution is 2.27. The van der Waals surface area contributed by atoms with Gasteiger partial charge in [-0.3, -0.25) is 14.3 Å². The van der Waals surface area contributed by atoms with E-state index in [2.05, 4.69) is 53.5 Å². The zero-order valence-corrected chi connectivity index (χ0v) is 13.9. The molecule has 0 fully saturated rings. The number of benzene rings is 1. The van der Waals surface area contributed by atoms with Crippen LogP contribution in [-0.4, -0.2) is 19.5 Å². The summed E-state index contributed by atoms with van der Waals surface area (Å²) in [4.78, 5) is 32.9. The molecule has 20 heavy (non-hydrogen) atoms. The van der Waals surface area contributed by atoms with Crippen LogP contribution in [0.25, 0.3) is 22.6 Å². The highest BCUT2D eigenvalue weighted by Gasteiger charge is 2.13. The van der Waals surface area contributed by atoms with Gasteiger partial charge in [0.05, 0.1) is 0 Å². The normalized spacial score (nSPS) is 11.2. The molecule has 0 atom stereocenters. The third-order valence-electron chi connectivity index (χ3n) is 2.94. The number of hydrogen-bond donors (Lipinski definition) is 2. The molecule has 2 N–H and O–H groups in total. The van der Waals surface area contributed by atoms with Crippen LogP contribution in [0.5, 0.6) is 0 Å². The molecule has 0 unspecified atom stereocenters. The van der Waals surface area contributed by atoms with Crippen LogP contribution in [0.3, 0.4) is 0 Å². The fraction of sp³-hybridized carbons (Fsp3) is 0.0833. The largest absolute Gasteiger partial charge is 0.332 e. The number of nitrogens with zero attached hydrogens (tertiary/aromatic N) is 2. The minimum atomic E-state index is -0.482. The van der Waals surface area contributed by atoms with Crippen molar-refractivity contribution in [3.63, 3.8) is 0 Å². The van der Waals surface area contributed by atoms with E-state index in [0.29, 0.717) is 11.5 Å². The Balaban J connectivity index is 2.37. The van der Waals surface area contributed by atoms with Crippen molar-refractivity contribution in [3.05, 3.63) is 47.1 Å². The molecule has 102 valence electrons. The van der Waals surface area contributed by atoms with Gasteiger partial charge in [-0.15, -0.1) is 0 Å². The number of halogens is 2. The molecule has 1 aromatic carbocycles. The Morgan fingerprint density at radius 2 is 2.05 bits per heavy atom. The summed E-state index contributed by atoms with van der Waals surface area (Å²) < 4.78 is 3.21. The van der Waals surface area contributed by atoms with Crippen molar-refractivity contribution in [2.24, 2.45) is 7.05 Å². The monoisotopic (exact) mass is 446 g/mol. The molecule has 0 radical (unpaired) electrons. The second-order valence-electron chi connectivity index (χ2n) is 4.23. The van der Waals surface area contributed by atoms with Crippen LogP contribution < -0.4 is 11.2 Å². The lowest BCUT2D eigenvalue weighted by Gasteiger charge is -2.01. The Morgan fingerprint density at radius 3 is 2.80 bits per heavy atom. The molecule has 0 aliphatic carbocycles. The maximum absolute atomic E-state index is 11.8. The summed E-state index contributed by atoms with van der Waals surface area (Å²) in [5.74, 6) is 0.553. The number of H-pyrrole nitrogens is 2. The van der Waals surface area contributed by atoms with Gasteiger partial charge in [0.15, 0.2) is 5.65 Å². The summed E-state index contributed by atoms with van der Waals surface area (Å²) in [6.07, 6.45) is 0. The summed E-state index contributed by atoms with van der Waals surface area (Å²) in [7, 11) is 1.57. The topological polar surface area (TPSA) is 83.5 Å². The molecule has 0 spiro atoms. The van der Waals surface area contributed by atoms with Gasteiger partial charge in [0.1, 0.15) is 11.3 Å². The first-order valence-electron chi connectivity index (χ1n) is 5.62. The lowest BCUT2D eigenvalue weighted by atomic mass is 10.2. The van der Waals surface area contributed by atoms with Crippen molar-refractivity contribution in [2.45, 2.75) is 0 Å². The molecule has 0 aliphatic heterocycles. The zero-order valence-electron chi connectivity index (χ0n) is 10.2. The molecule has 0 saturated heterocycles. The number of aryl methyl sites for hydroxylation is 1. The summed E-state index contributed by atoms with van der Waals surface area (Å²) in [5.41, 5.74) is 0.543. The Morgan fingerprint density at radius 1 is 1.30 bits per heavy atom. The maximum atomic E-state index is 11.8. The van der Waals surface area contributed by atoms with Gasteiger partial charge in [-0.2, -0.15) is 0 Å². The van der Waals surface area contributed by atoms with E-state index in [1.54, 1.807) is 7.05 Å². The minimum Gasteiger partial charge on any atom is -0.332 e. The number of imidazole rings is 1. The van der Waals surface area contributed by atoms with Crippen LogP contribution in [0.2, 0.25) is 0 Å². The average Bonchev–Trinajstić information content (AvgIpc) is 2.84. The van der Waals surface area contributed by atoms with Gasteiger partial charge in [0, 0.05) is 20.7 Å². The number of aromatic amines is 2. The first kappa shape index (κ1) is 13.6. The van der Waals surface area contributed by atoms with Crippen LogP contribution in [0.1, 0.15) is 0 Å². The first-order chi connectivity index (χ1) is 9.47. The van der Waals surface area contributed by atoms with Crippen LogP contribution in [0.15, 0.2) is 32.3 Å². The Bertz CT molecular complexity index is 941. The molecule has 3 rings (SSSR count). The summed E-state index contributed by atoms with van der Waals surface area (Å²) >= 11 is 5.60. The van der Waals surface area contributed by atoms with Gasteiger partial charge in [-0.1, -0.05) is 15.9 Å². The van der Waals surface area contributed by atoms with E-state index in [1.807, 2.05) is 18.2 Å². The lowest BCUT2D eigenvalue weighted by Crippen LogP contribution is -2.28. The van der Waals surface area contributed by atoms with Crippen molar-refractivity contribution in [3.8, 4) is 11.4 Å². The molecule has 8 heteroatoms. The quantitative estimate of drug-likeness (QED) is 0.560. The molecule has 0 bridgehead atoms. The summed E-state index contributed by atoms with van der Waals surface area (Å²) in [6.45, 7) is 0. The van der Waals surface area contributed by atoms with E-state index >= 15 is 0 Å². The molecule has 3 aromatic rings. The highest BCUT2D eigenvalue weighted by atomic mass is 127. The van der Waals surface area contributed by atoms with Crippen molar-refractivity contribution >= 4 is 49.7 Å². The summed E-state index contributed by atoms with van der Waals surface area (Å²) in [6, 6.07) is 5.78. The van der Waals surface area contributed by atoms with E-state index in [0.717, 1.165) is 13.6 Å². The first-order valence-corrected chi connectivity index (χ1v) is 7.49. The van der Waals surface area contributed by atoms with Gasteiger partial charge in [0.25, 0.3) is 5.56 Å². The zero-order chi connectivity index (χ0) is 14.4. The SMILES string of the molecule is Cn1c(=O)[nH]c(=O)c2[nH]c(-c3cc(Br)ccc3I)nc21. The van der Waals surface area contributed by atoms with Crippen LogP contribution in [-0.2, 0) is 7.05 Å². The van der Waals surface area contributed by atoms with Crippen LogP contribution in [0.4, 0.5) is 0 Å². The van der Waals surface area contributed by atoms with Gasteiger partial charge in [-0.05, 0) is 40.8 Å². The fourth-order valence-electron chi connectivity index (χ4n) is 1.91. The van der Waals surface area contributed by atoms with Gasteiger partial charge < -0.3 is 4.98 Å². The van der Waals surface area contributed by atoms with Crippen LogP contribution >= 0.6 is 38.5 Å². The number of rotatable bonds is 1. The van der Waals surface area contributed by atoms with E-state index in [4.69, 9.17) is 0 Å². The second kappa shape index (κ2) is 4.85. The molecule has 2 aromatic heterocycles. The molecule has 6 nitrogen and oxygen atoms in total. The molecule has 2 heterocycles. The van der Waals surface area contributed by atoms with Crippen molar-refractivity contribution in [2.75, 3.05) is 0 Å². The number of fused-ring (bicyclic) bond motifs is 1. The van der Waals surface area contributed by atoms with Crippen molar-refractivity contribution < 1.29 is 0 Å². The Labute approximate surface area is 134 Å². The van der Waals surface area contributed by atoms with E-state index < -0.39 is 11.2 Å². The van der Waals surface area contributed by atoms with Gasteiger partial charge in [-0.25, -0.2) is 9.78 Å². The maximum Gasteiger partial charge on any atom is 0.329 e. The fourth-order valence-corrected chi connectivity index (χ4v) is 2.86. The molecular weight excluding hydrogens is 439 g/mol. The van der Waals surface area contributed by atoms with Gasteiger partial charge >= 0.3 is 5.69 Å². The predicted octanol–water partition coefficient (Wildman–Crippen LogP) is 1.98. The predicted molar refractivity (Wildman–Crippen MR) is 87.8 cm³/mol. The average molecular weight is 447 g/mol. The van der Waals surface area contributed by atoms with E-state index in [9.17, 15) is 9.59 Å². The molecule has 0 saturated carbocycles.